The van der Waals surface area contributed by atoms with Gasteiger partial charge in [0.25, 0.3) is 20.2 Å². The highest BCUT2D eigenvalue weighted by Crippen LogP contribution is 2.49. The van der Waals surface area contributed by atoms with Gasteiger partial charge in [-0.25, -0.2) is 0 Å². The van der Waals surface area contributed by atoms with E-state index in [2.05, 4.69) is 0 Å². The lowest BCUT2D eigenvalue weighted by Crippen LogP contribution is -2.38. The fourth-order valence-corrected chi connectivity index (χ4v) is 4.77. The van der Waals surface area contributed by atoms with Gasteiger partial charge in [0, 0.05) is 29.8 Å². The molecule has 0 saturated heterocycles. The number of nitrogens with zero attached hydrogens (tertiary/aromatic N) is 1. The van der Waals surface area contributed by atoms with Crippen LogP contribution in [0.4, 0.5) is 5.69 Å². The maximum Gasteiger partial charge on any atom is 0.303 e. The van der Waals surface area contributed by atoms with E-state index in [1.165, 1.54) is 12.1 Å². The molecule has 2 rings (SSSR count). The molecule has 9 nitrogen and oxygen atoms in total. The first-order valence-corrected chi connectivity index (χ1v) is 12.5. The smallest absolute Gasteiger partial charge is 0.303 e. The van der Waals surface area contributed by atoms with Crippen molar-refractivity contribution in [1.29, 1.82) is 0 Å². The van der Waals surface area contributed by atoms with Gasteiger partial charge in [-0.15, -0.1) is 0 Å². The molecule has 11 heteroatoms. The first-order chi connectivity index (χ1) is 13.8. The molecule has 0 saturated carbocycles. The highest BCUT2D eigenvalue weighted by molar-refractivity contribution is 7.86. The summed E-state index contributed by atoms with van der Waals surface area (Å²) < 4.78 is 63.4. The third-order valence-corrected chi connectivity index (χ3v) is 7.25. The Morgan fingerprint density at radius 1 is 1.20 bits per heavy atom. The number of aliphatic carboxylic acids is 1. The minimum Gasteiger partial charge on any atom is -0.481 e. The van der Waals surface area contributed by atoms with E-state index >= 15 is 0 Å². The van der Waals surface area contributed by atoms with Crippen molar-refractivity contribution in [3.8, 4) is 0 Å². The Hall–Kier alpha value is -1.95. The second-order valence-corrected chi connectivity index (χ2v) is 10.7. The highest BCUT2D eigenvalue weighted by Gasteiger charge is 2.44. The molecule has 168 valence electrons. The molecular weight excluding hydrogens is 434 g/mol. The van der Waals surface area contributed by atoms with Crippen molar-refractivity contribution >= 4 is 31.9 Å². The van der Waals surface area contributed by atoms with Crippen molar-refractivity contribution in [3.63, 3.8) is 0 Å². The van der Waals surface area contributed by atoms with Crippen molar-refractivity contribution in [2.45, 2.75) is 62.3 Å². The van der Waals surface area contributed by atoms with Crippen molar-refractivity contribution in [2.24, 2.45) is 0 Å². The summed E-state index contributed by atoms with van der Waals surface area (Å²) in [6.45, 7) is 3.90. The molecule has 1 aromatic carbocycles. The SMILES string of the molecule is CC1N(/C=C/CCS(=O)(=O)O)c2ccc(S(=O)(=O)O)cc2C1(C)CCCCC(=O)O. The number of rotatable bonds is 10. The van der Waals surface area contributed by atoms with Gasteiger partial charge in [0.2, 0.25) is 0 Å². The monoisotopic (exact) mass is 461 g/mol. The van der Waals surface area contributed by atoms with E-state index in [-0.39, 0.29) is 23.8 Å². The summed E-state index contributed by atoms with van der Waals surface area (Å²) in [6, 6.07) is 4.18. The van der Waals surface area contributed by atoms with E-state index in [0.717, 1.165) is 5.69 Å². The summed E-state index contributed by atoms with van der Waals surface area (Å²) in [5, 5.41) is 8.85. The number of carboxylic acids is 1. The van der Waals surface area contributed by atoms with E-state index in [1.54, 1.807) is 18.3 Å². The fourth-order valence-electron chi connectivity index (χ4n) is 3.83. The van der Waals surface area contributed by atoms with Crippen LogP contribution in [0.5, 0.6) is 0 Å². The molecule has 0 bridgehead atoms. The van der Waals surface area contributed by atoms with E-state index in [1.807, 2.05) is 18.7 Å². The zero-order valence-electron chi connectivity index (χ0n) is 16.9. The van der Waals surface area contributed by atoms with E-state index in [0.29, 0.717) is 24.8 Å². The number of allylic oxidation sites excluding steroid dienone is 1. The standard InChI is InChI=1S/C19H27NO8S2/c1-14-19(2,10-4-3-7-18(21)22)16-13-15(30(26,27)28)8-9-17(16)20(14)11-5-6-12-29(23,24)25/h5,8-9,11,13-14H,3-4,6-7,10,12H2,1-2H3,(H,21,22)(H,23,24,25)(H,26,27,28)/b11-5+. The quantitative estimate of drug-likeness (QED) is 0.353. The highest BCUT2D eigenvalue weighted by atomic mass is 32.2. The van der Waals surface area contributed by atoms with Gasteiger partial charge in [-0.05, 0) is 49.9 Å². The summed E-state index contributed by atoms with van der Waals surface area (Å²) >= 11 is 0. The van der Waals surface area contributed by atoms with Crippen LogP contribution in [0, 0.1) is 0 Å². The molecule has 2 unspecified atom stereocenters. The lowest BCUT2D eigenvalue weighted by Gasteiger charge is -2.33. The second kappa shape index (κ2) is 9.04. The molecule has 0 spiro atoms. The normalized spacial score (nSPS) is 21.9. The summed E-state index contributed by atoms with van der Waals surface area (Å²) in [4.78, 5) is 12.5. The fraction of sp³-hybridized carbons (Fsp3) is 0.526. The molecule has 1 heterocycles. The number of hydrogen-bond donors (Lipinski definition) is 3. The number of unbranched alkanes of at least 4 members (excludes halogenated alkanes) is 1. The van der Waals surface area contributed by atoms with Crippen LogP contribution in [0.3, 0.4) is 0 Å². The molecule has 0 amide bonds. The number of hydrogen-bond acceptors (Lipinski definition) is 6. The largest absolute Gasteiger partial charge is 0.481 e. The van der Waals surface area contributed by atoms with Crippen LogP contribution in [0.2, 0.25) is 0 Å². The van der Waals surface area contributed by atoms with Gasteiger partial charge >= 0.3 is 5.97 Å². The van der Waals surface area contributed by atoms with Gasteiger partial charge in [-0.2, -0.15) is 16.8 Å². The number of benzene rings is 1. The van der Waals surface area contributed by atoms with Crippen LogP contribution in [-0.2, 0) is 30.4 Å². The van der Waals surface area contributed by atoms with Crippen molar-refractivity contribution in [3.05, 3.63) is 36.0 Å². The van der Waals surface area contributed by atoms with E-state index < -0.39 is 37.4 Å². The van der Waals surface area contributed by atoms with Crippen LogP contribution in [-0.4, -0.2) is 48.8 Å². The van der Waals surface area contributed by atoms with E-state index in [4.69, 9.17) is 9.66 Å². The van der Waals surface area contributed by atoms with Crippen molar-refractivity contribution < 1.29 is 35.8 Å². The van der Waals surface area contributed by atoms with Crippen LogP contribution in [0.25, 0.3) is 0 Å². The molecule has 0 radical (unpaired) electrons. The third-order valence-electron chi connectivity index (χ3n) is 5.64. The molecule has 1 aromatic rings. The van der Waals surface area contributed by atoms with Gasteiger partial charge in [0.1, 0.15) is 0 Å². The van der Waals surface area contributed by atoms with Crippen molar-refractivity contribution in [1.82, 2.24) is 0 Å². The first-order valence-electron chi connectivity index (χ1n) is 9.50. The first kappa shape index (κ1) is 24.3. The molecule has 2 atom stereocenters. The maximum absolute atomic E-state index is 11.6. The van der Waals surface area contributed by atoms with Crippen molar-refractivity contribution in [2.75, 3.05) is 10.7 Å². The molecule has 1 aliphatic heterocycles. The Balaban J connectivity index is 2.37. The molecule has 0 aromatic heterocycles. The Bertz CT molecular complexity index is 1030. The van der Waals surface area contributed by atoms with E-state index in [9.17, 15) is 26.2 Å². The summed E-state index contributed by atoms with van der Waals surface area (Å²) in [7, 11) is -8.46. The predicted molar refractivity (Wildman–Crippen MR) is 112 cm³/mol. The number of carboxylic acid groups (broad SMARTS) is 1. The Kier molecular flexibility index (Phi) is 7.33. The van der Waals surface area contributed by atoms with Crippen LogP contribution in [0.1, 0.15) is 51.5 Å². The lowest BCUT2D eigenvalue weighted by atomic mass is 9.75. The summed E-state index contributed by atoms with van der Waals surface area (Å²) in [6.07, 6.45) is 5.15. The van der Waals surface area contributed by atoms with Crippen LogP contribution < -0.4 is 4.90 Å². The number of fused-ring (bicyclic) bond motifs is 1. The minimum absolute atomic E-state index is 0.0433. The molecule has 0 fully saturated rings. The minimum atomic E-state index is -4.39. The third kappa shape index (κ3) is 5.81. The van der Waals surface area contributed by atoms with Gasteiger partial charge in [-0.3, -0.25) is 13.9 Å². The van der Waals surface area contributed by atoms with Gasteiger partial charge in [0.05, 0.1) is 10.6 Å². The average molecular weight is 462 g/mol. The van der Waals surface area contributed by atoms with Gasteiger partial charge in [0.15, 0.2) is 0 Å². The number of anilines is 1. The summed E-state index contributed by atoms with van der Waals surface area (Å²) in [5.74, 6) is -1.29. The lowest BCUT2D eigenvalue weighted by molar-refractivity contribution is -0.137. The maximum atomic E-state index is 11.6. The second-order valence-electron chi connectivity index (χ2n) is 7.72. The molecule has 0 aliphatic carbocycles. The number of carbonyl (C=O) groups is 1. The molecule has 1 aliphatic rings. The predicted octanol–water partition coefficient (Wildman–Crippen LogP) is 2.84. The Morgan fingerprint density at radius 2 is 1.87 bits per heavy atom. The molecular formula is C19H27NO8S2. The topological polar surface area (TPSA) is 149 Å². The summed E-state index contributed by atoms with van der Waals surface area (Å²) in [5.41, 5.74) is 0.903. The van der Waals surface area contributed by atoms with Gasteiger partial charge < -0.3 is 10.0 Å². The van der Waals surface area contributed by atoms with Gasteiger partial charge in [-0.1, -0.05) is 19.4 Å². The zero-order valence-corrected chi connectivity index (χ0v) is 18.5. The average Bonchev–Trinajstić information content (AvgIpc) is 2.82. The molecule has 30 heavy (non-hydrogen) atoms. The van der Waals surface area contributed by atoms with Crippen LogP contribution in [0.15, 0.2) is 35.4 Å². The van der Waals surface area contributed by atoms with Crippen LogP contribution >= 0.6 is 0 Å². The Labute approximate surface area is 176 Å². The zero-order chi connectivity index (χ0) is 22.7. The Morgan fingerprint density at radius 3 is 2.43 bits per heavy atom. The molecule has 3 N–H and O–H groups in total.